The van der Waals surface area contributed by atoms with Gasteiger partial charge in [-0.15, -0.1) is 12.3 Å². The number of nitrogens with one attached hydrogen (secondary N) is 2. The molecule has 8 heteroatoms. The van der Waals surface area contributed by atoms with E-state index in [1.165, 1.54) is 24.3 Å². The average Bonchev–Trinajstić information content (AvgIpc) is 2.37. The van der Waals surface area contributed by atoms with Gasteiger partial charge in [-0.1, -0.05) is 0 Å². The summed E-state index contributed by atoms with van der Waals surface area (Å²) >= 11 is 0. The summed E-state index contributed by atoms with van der Waals surface area (Å²) in [6.07, 6.45) is 5.94. The maximum Gasteiger partial charge on any atom is 0.327 e. The molecule has 1 aromatic carbocycles. The van der Waals surface area contributed by atoms with E-state index in [9.17, 15) is 18.0 Å². The van der Waals surface area contributed by atoms with Crippen LogP contribution in [0.15, 0.2) is 29.2 Å². The van der Waals surface area contributed by atoms with E-state index >= 15 is 0 Å². The van der Waals surface area contributed by atoms with Crippen molar-refractivity contribution in [1.82, 2.24) is 5.32 Å². The predicted octanol–water partition coefficient (Wildman–Crippen LogP) is 0.688. The summed E-state index contributed by atoms with van der Waals surface area (Å²) in [7, 11) is -3.31. The van der Waals surface area contributed by atoms with Crippen molar-refractivity contribution in [1.29, 1.82) is 0 Å². The van der Waals surface area contributed by atoms with E-state index in [0.717, 1.165) is 6.26 Å². The Balaban J connectivity index is 2.71. The Hall–Kier alpha value is -2.53. The van der Waals surface area contributed by atoms with Crippen LogP contribution in [0, 0.1) is 12.3 Å². The molecule has 0 aliphatic carbocycles. The molecule has 0 spiro atoms. The van der Waals surface area contributed by atoms with Crippen LogP contribution in [-0.4, -0.2) is 37.8 Å². The minimum Gasteiger partial charge on any atom is -0.480 e. The third kappa shape index (κ3) is 5.16. The molecule has 0 bridgehead atoms. The molecule has 0 saturated carbocycles. The first-order chi connectivity index (χ1) is 9.74. The lowest BCUT2D eigenvalue weighted by Crippen LogP contribution is -2.42. The van der Waals surface area contributed by atoms with Gasteiger partial charge in [0.05, 0.1) is 4.90 Å². The van der Waals surface area contributed by atoms with E-state index in [4.69, 9.17) is 11.5 Å². The lowest BCUT2D eigenvalue weighted by molar-refractivity contribution is -0.139. The van der Waals surface area contributed by atoms with Crippen LogP contribution in [0.1, 0.15) is 6.42 Å². The average molecular weight is 310 g/mol. The molecule has 7 nitrogen and oxygen atoms in total. The minimum atomic E-state index is -3.31. The lowest BCUT2D eigenvalue weighted by Gasteiger charge is -2.13. The van der Waals surface area contributed by atoms with Crippen molar-refractivity contribution in [2.45, 2.75) is 17.4 Å². The van der Waals surface area contributed by atoms with Gasteiger partial charge in [-0.25, -0.2) is 18.0 Å². The van der Waals surface area contributed by atoms with Gasteiger partial charge in [0, 0.05) is 18.4 Å². The highest BCUT2D eigenvalue weighted by molar-refractivity contribution is 7.90. The van der Waals surface area contributed by atoms with Gasteiger partial charge in [0.15, 0.2) is 9.84 Å². The number of carboxylic acids is 1. The van der Waals surface area contributed by atoms with Gasteiger partial charge in [-0.3, -0.25) is 0 Å². The van der Waals surface area contributed by atoms with E-state index in [1.54, 1.807) is 0 Å². The summed E-state index contributed by atoms with van der Waals surface area (Å²) in [5.74, 6) is 0.912. The summed E-state index contributed by atoms with van der Waals surface area (Å²) in [4.78, 5) is 22.6. The highest BCUT2D eigenvalue weighted by Gasteiger charge is 2.18. The van der Waals surface area contributed by atoms with Crippen LogP contribution >= 0.6 is 0 Å². The first-order valence-electron chi connectivity index (χ1n) is 5.78. The number of aliphatic carboxylic acids is 1. The number of urea groups is 1. The van der Waals surface area contributed by atoms with Gasteiger partial charge in [0.25, 0.3) is 0 Å². The Morgan fingerprint density at radius 3 is 2.33 bits per heavy atom. The van der Waals surface area contributed by atoms with Gasteiger partial charge >= 0.3 is 12.0 Å². The summed E-state index contributed by atoms with van der Waals surface area (Å²) in [5, 5.41) is 13.4. The molecule has 0 saturated heterocycles. The molecule has 3 N–H and O–H groups in total. The predicted molar refractivity (Wildman–Crippen MR) is 76.6 cm³/mol. The monoisotopic (exact) mass is 310 g/mol. The smallest absolute Gasteiger partial charge is 0.327 e. The first kappa shape index (κ1) is 16.5. The van der Waals surface area contributed by atoms with Crippen molar-refractivity contribution in [2.75, 3.05) is 11.6 Å². The Labute approximate surface area is 122 Å². The molecule has 1 atom stereocenters. The molecule has 0 heterocycles. The van der Waals surface area contributed by atoms with E-state index in [-0.39, 0.29) is 11.3 Å². The van der Waals surface area contributed by atoms with Crippen molar-refractivity contribution in [3.8, 4) is 12.3 Å². The number of hydrogen-bond acceptors (Lipinski definition) is 4. The standard InChI is InChI=1S/C13H14N2O5S/c1-3-4-11(12(16)17)15-13(18)14-9-5-7-10(8-6-9)21(2,19)20/h1,5-8,11H,4H2,2H3,(H,16,17)(H2,14,15,18). The van der Waals surface area contributed by atoms with Crippen LogP contribution in [0.25, 0.3) is 0 Å². The highest BCUT2D eigenvalue weighted by atomic mass is 32.2. The van der Waals surface area contributed by atoms with E-state index < -0.39 is 27.9 Å². The number of terminal acetylenes is 1. The molecular formula is C13H14N2O5S. The zero-order valence-electron chi connectivity index (χ0n) is 11.2. The van der Waals surface area contributed by atoms with Crippen LogP contribution in [0.5, 0.6) is 0 Å². The Morgan fingerprint density at radius 1 is 1.33 bits per heavy atom. The SMILES string of the molecule is C#CCC(NC(=O)Nc1ccc(S(C)(=O)=O)cc1)C(=O)O. The topological polar surface area (TPSA) is 113 Å². The summed E-state index contributed by atoms with van der Waals surface area (Å²) < 4.78 is 22.5. The molecule has 2 amide bonds. The molecule has 1 aromatic rings. The molecular weight excluding hydrogens is 296 g/mol. The molecule has 0 aliphatic rings. The van der Waals surface area contributed by atoms with Crippen LogP contribution < -0.4 is 10.6 Å². The normalized spacial score (nSPS) is 12.0. The Kier molecular flexibility index (Phi) is 5.32. The highest BCUT2D eigenvalue weighted by Crippen LogP contribution is 2.13. The second-order valence-electron chi connectivity index (χ2n) is 4.19. The fourth-order valence-electron chi connectivity index (χ4n) is 1.43. The molecule has 0 fully saturated rings. The van der Waals surface area contributed by atoms with Gasteiger partial charge in [0.2, 0.25) is 0 Å². The van der Waals surface area contributed by atoms with Gasteiger partial charge in [-0.2, -0.15) is 0 Å². The number of rotatable bonds is 5. The zero-order chi connectivity index (χ0) is 16.0. The zero-order valence-corrected chi connectivity index (χ0v) is 12.0. The van der Waals surface area contributed by atoms with Crippen LogP contribution in [0.3, 0.4) is 0 Å². The second kappa shape index (κ2) is 6.76. The molecule has 21 heavy (non-hydrogen) atoms. The maximum atomic E-state index is 11.6. The number of anilines is 1. The van der Waals surface area contributed by atoms with Crippen molar-refractivity contribution >= 4 is 27.5 Å². The third-order valence-corrected chi connectivity index (χ3v) is 3.59. The van der Waals surface area contributed by atoms with Crippen LogP contribution in [-0.2, 0) is 14.6 Å². The number of benzene rings is 1. The molecule has 0 aliphatic heterocycles. The molecule has 0 radical (unpaired) electrons. The quantitative estimate of drug-likeness (QED) is 0.693. The second-order valence-corrected chi connectivity index (χ2v) is 6.21. The minimum absolute atomic E-state index is 0.115. The Bertz CT molecular complexity index is 674. The number of carbonyl (C=O) groups is 2. The largest absolute Gasteiger partial charge is 0.480 e. The number of sulfone groups is 1. The number of amides is 2. The lowest BCUT2D eigenvalue weighted by atomic mass is 10.2. The van der Waals surface area contributed by atoms with Crippen LogP contribution in [0.4, 0.5) is 10.5 Å². The van der Waals surface area contributed by atoms with Crippen molar-refractivity contribution in [3.05, 3.63) is 24.3 Å². The summed E-state index contributed by atoms with van der Waals surface area (Å²) in [6.45, 7) is 0. The summed E-state index contributed by atoms with van der Waals surface area (Å²) in [5.41, 5.74) is 0.324. The first-order valence-corrected chi connectivity index (χ1v) is 7.67. The van der Waals surface area contributed by atoms with Crippen molar-refractivity contribution in [3.63, 3.8) is 0 Å². The van der Waals surface area contributed by atoms with Crippen LogP contribution in [0.2, 0.25) is 0 Å². The Morgan fingerprint density at radius 2 is 1.90 bits per heavy atom. The summed E-state index contributed by atoms with van der Waals surface area (Å²) in [6, 6.07) is 3.53. The number of carboxylic acid groups (broad SMARTS) is 1. The molecule has 0 aromatic heterocycles. The van der Waals surface area contributed by atoms with Gasteiger partial charge in [0.1, 0.15) is 6.04 Å². The van der Waals surface area contributed by atoms with Crippen molar-refractivity contribution < 1.29 is 23.1 Å². The van der Waals surface area contributed by atoms with Crippen molar-refractivity contribution in [2.24, 2.45) is 0 Å². The fraction of sp³-hybridized carbons (Fsp3) is 0.231. The number of carbonyl (C=O) groups excluding carboxylic acids is 1. The molecule has 112 valence electrons. The third-order valence-electron chi connectivity index (χ3n) is 2.47. The number of hydrogen-bond donors (Lipinski definition) is 3. The fourth-order valence-corrected chi connectivity index (χ4v) is 2.06. The van der Waals surface area contributed by atoms with E-state index in [0.29, 0.717) is 5.69 Å². The maximum absolute atomic E-state index is 11.6. The van der Waals surface area contributed by atoms with E-state index in [1.807, 2.05) is 0 Å². The van der Waals surface area contributed by atoms with E-state index in [2.05, 4.69) is 16.6 Å². The van der Waals surface area contributed by atoms with Gasteiger partial charge in [-0.05, 0) is 24.3 Å². The molecule has 1 unspecified atom stereocenters. The molecule has 1 rings (SSSR count). The van der Waals surface area contributed by atoms with Gasteiger partial charge < -0.3 is 15.7 Å².